The monoisotopic (exact) mass is 276 g/mol. The fourth-order valence-corrected chi connectivity index (χ4v) is 3.07. The average molecular weight is 276 g/mol. The van der Waals surface area contributed by atoms with E-state index in [0.29, 0.717) is 18.2 Å². The average Bonchev–Trinajstić information content (AvgIpc) is 2.92. The zero-order valence-electron chi connectivity index (χ0n) is 12.2. The molecule has 2 aliphatic heterocycles. The normalized spacial score (nSPS) is 27.9. The van der Waals surface area contributed by atoms with Crippen LogP contribution in [0.15, 0.2) is 18.5 Å². The van der Waals surface area contributed by atoms with Gasteiger partial charge in [0, 0.05) is 38.1 Å². The summed E-state index contributed by atoms with van der Waals surface area (Å²) in [6.07, 6.45) is 9.19. The molecule has 110 valence electrons. The second-order valence-corrected chi connectivity index (χ2v) is 5.86. The minimum atomic E-state index is 0.417. The van der Waals surface area contributed by atoms with Crippen molar-refractivity contribution in [1.29, 1.82) is 0 Å². The Morgan fingerprint density at radius 3 is 2.60 bits per heavy atom. The van der Waals surface area contributed by atoms with Crippen molar-refractivity contribution < 1.29 is 4.74 Å². The van der Waals surface area contributed by atoms with Gasteiger partial charge in [0.05, 0.1) is 12.2 Å². The van der Waals surface area contributed by atoms with Crippen LogP contribution in [0.2, 0.25) is 0 Å². The highest BCUT2D eigenvalue weighted by atomic mass is 16.5. The summed E-state index contributed by atoms with van der Waals surface area (Å²) in [7, 11) is 0. The molecule has 2 unspecified atom stereocenters. The van der Waals surface area contributed by atoms with Crippen LogP contribution in [0.25, 0.3) is 0 Å². The van der Waals surface area contributed by atoms with Gasteiger partial charge in [-0.3, -0.25) is 0 Å². The molecule has 0 spiro atoms. The van der Waals surface area contributed by atoms with Crippen molar-refractivity contribution >= 4 is 5.95 Å². The third-order valence-corrected chi connectivity index (χ3v) is 4.28. The Labute approximate surface area is 120 Å². The molecule has 1 aromatic heterocycles. The Morgan fingerprint density at radius 1 is 1.20 bits per heavy atom. The maximum Gasteiger partial charge on any atom is 0.225 e. The number of ether oxygens (including phenoxy) is 1. The molecule has 3 heterocycles. The van der Waals surface area contributed by atoms with Gasteiger partial charge in [0.2, 0.25) is 5.95 Å². The van der Waals surface area contributed by atoms with Gasteiger partial charge in [-0.25, -0.2) is 9.97 Å². The molecule has 2 saturated heterocycles. The Morgan fingerprint density at radius 2 is 1.95 bits per heavy atom. The SMILES string of the molecule is CC1CCC(CNC2CCN(c3ncccn3)CC2)O1. The Bertz CT molecular complexity index is 406. The highest BCUT2D eigenvalue weighted by Gasteiger charge is 2.24. The van der Waals surface area contributed by atoms with E-state index in [2.05, 4.69) is 27.1 Å². The lowest BCUT2D eigenvalue weighted by atomic mass is 10.0. The molecule has 0 amide bonds. The Balaban J connectivity index is 1.40. The third kappa shape index (κ3) is 3.46. The van der Waals surface area contributed by atoms with E-state index in [1.807, 2.05) is 18.5 Å². The van der Waals surface area contributed by atoms with Crippen molar-refractivity contribution in [2.75, 3.05) is 24.5 Å². The van der Waals surface area contributed by atoms with E-state index < -0.39 is 0 Å². The van der Waals surface area contributed by atoms with Gasteiger partial charge >= 0.3 is 0 Å². The minimum absolute atomic E-state index is 0.417. The number of nitrogens with zero attached hydrogens (tertiary/aromatic N) is 3. The number of anilines is 1. The highest BCUT2D eigenvalue weighted by molar-refractivity contribution is 5.29. The predicted molar refractivity (Wildman–Crippen MR) is 78.8 cm³/mol. The van der Waals surface area contributed by atoms with Crippen LogP contribution in [-0.4, -0.2) is 47.9 Å². The van der Waals surface area contributed by atoms with E-state index in [1.54, 1.807) is 0 Å². The van der Waals surface area contributed by atoms with Crippen LogP contribution in [0, 0.1) is 0 Å². The van der Waals surface area contributed by atoms with E-state index >= 15 is 0 Å². The summed E-state index contributed by atoms with van der Waals surface area (Å²) in [5.41, 5.74) is 0. The van der Waals surface area contributed by atoms with Gasteiger partial charge in [-0.15, -0.1) is 0 Å². The lowest BCUT2D eigenvalue weighted by Crippen LogP contribution is -2.45. The molecule has 5 heteroatoms. The zero-order chi connectivity index (χ0) is 13.8. The van der Waals surface area contributed by atoms with Crippen molar-refractivity contribution in [2.24, 2.45) is 0 Å². The summed E-state index contributed by atoms with van der Waals surface area (Å²) >= 11 is 0. The molecule has 0 aromatic carbocycles. The lowest BCUT2D eigenvalue weighted by molar-refractivity contribution is 0.0538. The zero-order valence-corrected chi connectivity index (χ0v) is 12.2. The number of nitrogens with one attached hydrogen (secondary N) is 1. The topological polar surface area (TPSA) is 50.3 Å². The van der Waals surface area contributed by atoms with Crippen LogP contribution in [0.1, 0.15) is 32.6 Å². The van der Waals surface area contributed by atoms with E-state index in [9.17, 15) is 0 Å². The lowest BCUT2D eigenvalue weighted by Gasteiger charge is -2.32. The van der Waals surface area contributed by atoms with Gasteiger partial charge in [0.15, 0.2) is 0 Å². The second kappa shape index (κ2) is 6.50. The molecule has 5 nitrogen and oxygen atoms in total. The number of aromatic nitrogens is 2. The second-order valence-electron chi connectivity index (χ2n) is 5.86. The molecule has 3 rings (SSSR count). The summed E-state index contributed by atoms with van der Waals surface area (Å²) in [6, 6.07) is 2.47. The van der Waals surface area contributed by atoms with Crippen molar-refractivity contribution in [1.82, 2.24) is 15.3 Å². The van der Waals surface area contributed by atoms with E-state index in [-0.39, 0.29) is 0 Å². The largest absolute Gasteiger partial charge is 0.374 e. The molecule has 1 aromatic rings. The third-order valence-electron chi connectivity index (χ3n) is 4.28. The van der Waals surface area contributed by atoms with E-state index in [1.165, 1.54) is 12.8 Å². The van der Waals surface area contributed by atoms with E-state index in [0.717, 1.165) is 38.4 Å². The van der Waals surface area contributed by atoms with Gasteiger partial charge in [0.1, 0.15) is 0 Å². The van der Waals surface area contributed by atoms with Crippen LogP contribution in [0.3, 0.4) is 0 Å². The molecule has 1 N–H and O–H groups in total. The van der Waals surface area contributed by atoms with E-state index in [4.69, 9.17) is 4.74 Å². The molecule has 20 heavy (non-hydrogen) atoms. The summed E-state index contributed by atoms with van der Waals surface area (Å²) in [5.74, 6) is 0.860. The van der Waals surface area contributed by atoms with Crippen LogP contribution >= 0.6 is 0 Å². The smallest absolute Gasteiger partial charge is 0.225 e. The number of hydrogen-bond donors (Lipinski definition) is 1. The first-order chi connectivity index (χ1) is 9.81. The molecular weight excluding hydrogens is 252 g/mol. The summed E-state index contributed by atoms with van der Waals surface area (Å²) in [4.78, 5) is 10.9. The van der Waals surface area contributed by atoms with Gasteiger partial charge in [0.25, 0.3) is 0 Å². The molecule has 2 aliphatic rings. The van der Waals surface area contributed by atoms with Crippen molar-refractivity contribution in [2.45, 2.75) is 50.9 Å². The first-order valence-electron chi connectivity index (χ1n) is 7.72. The highest BCUT2D eigenvalue weighted by Crippen LogP contribution is 2.19. The van der Waals surface area contributed by atoms with Crippen LogP contribution in [0.5, 0.6) is 0 Å². The summed E-state index contributed by atoms with van der Waals surface area (Å²) < 4.78 is 5.85. The van der Waals surface area contributed by atoms with Crippen molar-refractivity contribution in [3.63, 3.8) is 0 Å². The van der Waals surface area contributed by atoms with Gasteiger partial charge in [-0.05, 0) is 38.7 Å². The fourth-order valence-electron chi connectivity index (χ4n) is 3.07. The van der Waals surface area contributed by atoms with Crippen LogP contribution in [0.4, 0.5) is 5.95 Å². The van der Waals surface area contributed by atoms with Crippen molar-refractivity contribution in [3.05, 3.63) is 18.5 Å². The van der Waals surface area contributed by atoms with Crippen LogP contribution < -0.4 is 10.2 Å². The molecule has 0 bridgehead atoms. The minimum Gasteiger partial charge on any atom is -0.374 e. The maximum absolute atomic E-state index is 5.85. The van der Waals surface area contributed by atoms with Gasteiger partial charge in [-0.2, -0.15) is 0 Å². The first-order valence-corrected chi connectivity index (χ1v) is 7.72. The number of piperidine rings is 1. The molecule has 2 fully saturated rings. The maximum atomic E-state index is 5.85. The van der Waals surface area contributed by atoms with Gasteiger partial charge in [-0.1, -0.05) is 0 Å². The Kier molecular flexibility index (Phi) is 4.47. The fraction of sp³-hybridized carbons (Fsp3) is 0.733. The van der Waals surface area contributed by atoms with Crippen molar-refractivity contribution in [3.8, 4) is 0 Å². The molecule has 0 radical (unpaired) electrons. The molecule has 0 saturated carbocycles. The molecule has 2 atom stereocenters. The number of hydrogen-bond acceptors (Lipinski definition) is 5. The molecular formula is C15H24N4O. The first kappa shape index (κ1) is 13.8. The van der Waals surface area contributed by atoms with Gasteiger partial charge < -0.3 is 15.0 Å². The Hall–Kier alpha value is -1.20. The summed E-state index contributed by atoms with van der Waals surface area (Å²) in [6.45, 7) is 5.22. The molecule has 0 aliphatic carbocycles. The van der Waals surface area contributed by atoms with Crippen LogP contribution in [-0.2, 0) is 4.74 Å². The standard InChI is InChI=1S/C15H24N4O/c1-12-3-4-14(20-12)11-18-13-5-9-19(10-6-13)15-16-7-2-8-17-15/h2,7-8,12-14,18H,3-6,9-11H2,1H3. The number of rotatable bonds is 4. The quantitative estimate of drug-likeness (QED) is 0.905. The summed E-state index contributed by atoms with van der Waals surface area (Å²) in [5, 5.41) is 3.66. The predicted octanol–water partition coefficient (Wildman–Crippen LogP) is 1.60.